The van der Waals surface area contributed by atoms with Crippen molar-refractivity contribution < 1.29 is 19.5 Å². The van der Waals surface area contributed by atoms with Gasteiger partial charge in [-0.2, -0.15) is 0 Å². The van der Waals surface area contributed by atoms with Crippen molar-refractivity contribution in [3.05, 3.63) is 119 Å². The van der Waals surface area contributed by atoms with Gasteiger partial charge in [-0.15, -0.1) is 0 Å². The van der Waals surface area contributed by atoms with Crippen molar-refractivity contribution in [3.63, 3.8) is 0 Å². The number of carbonyl (C=O) groups excluding carboxylic acids is 2. The molecule has 0 spiro atoms. The zero-order chi connectivity index (χ0) is 24.9. The number of anilines is 1. The van der Waals surface area contributed by atoms with Crippen molar-refractivity contribution in [1.29, 1.82) is 0 Å². The van der Waals surface area contributed by atoms with Crippen molar-refractivity contribution in [2.45, 2.75) is 25.7 Å². The van der Waals surface area contributed by atoms with Gasteiger partial charge < -0.3 is 5.11 Å². The van der Waals surface area contributed by atoms with Crippen LogP contribution in [0.3, 0.4) is 0 Å². The summed E-state index contributed by atoms with van der Waals surface area (Å²) in [6.45, 7) is 0. The Morgan fingerprint density at radius 2 is 1.14 bits per heavy atom. The van der Waals surface area contributed by atoms with E-state index in [4.69, 9.17) is 0 Å². The van der Waals surface area contributed by atoms with Gasteiger partial charge in [0.25, 0.3) is 0 Å². The first-order valence-corrected chi connectivity index (χ1v) is 12.2. The van der Waals surface area contributed by atoms with Crippen molar-refractivity contribution in [2.24, 2.45) is 10.8 Å². The lowest BCUT2D eigenvalue weighted by Gasteiger charge is -2.36. The zero-order valence-corrected chi connectivity index (χ0v) is 19.7. The van der Waals surface area contributed by atoms with Gasteiger partial charge in [-0.25, -0.2) is 9.69 Å². The molecule has 1 aliphatic heterocycles. The van der Waals surface area contributed by atoms with E-state index in [0.29, 0.717) is 31.4 Å². The molecule has 6 rings (SSSR count). The predicted octanol–water partition coefficient (Wildman–Crippen LogP) is 5.88. The smallest absolute Gasteiger partial charge is 0.335 e. The maximum absolute atomic E-state index is 14.1. The van der Waals surface area contributed by atoms with Crippen molar-refractivity contribution >= 4 is 29.0 Å². The molecule has 1 saturated heterocycles. The Balaban J connectivity index is 1.49. The summed E-state index contributed by atoms with van der Waals surface area (Å²) in [5.74, 6) is -1.41. The van der Waals surface area contributed by atoms with E-state index >= 15 is 0 Å². The molecule has 0 unspecified atom stereocenters. The largest absolute Gasteiger partial charge is 0.478 e. The van der Waals surface area contributed by atoms with Crippen LogP contribution in [0, 0.1) is 10.8 Å². The quantitative estimate of drug-likeness (QED) is 0.378. The predicted molar refractivity (Wildman–Crippen MR) is 137 cm³/mol. The van der Waals surface area contributed by atoms with Gasteiger partial charge in [0.15, 0.2) is 0 Å². The minimum absolute atomic E-state index is 0.119. The van der Waals surface area contributed by atoms with Gasteiger partial charge >= 0.3 is 5.97 Å². The normalized spacial score (nSPS) is 24.6. The number of carboxylic acid groups (broad SMARTS) is 1. The summed E-state index contributed by atoms with van der Waals surface area (Å²) in [6.07, 6.45) is 6.14. The number of allylic oxidation sites excluding steroid dienone is 3. The van der Waals surface area contributed by atoms with Crippen molar-refractivity contribution in [1.82, 2.24) is 0 Å². The monoisotopic (exact) mass is 475 g/mol. The average Bonchev–Trinajstić information content (AvgIpc) is 3.35. The van der Waals surface area contributed by atoms with Gasteiger partial charge in [0.1, 0.15) is 0 Å². The molecule has 2 aliphatic carbocycles. The fraction of sp³-hybridized carbons (Fsp3) is 0.194. The first-order valence-electron chi connectivity index (χ1n) is 12.2. The van der Waals surface area contributed by atoms with Crippen molar-refractivity contribution in [3.8, 4) is 0 Å². The number of hydrogen-bond acceptors (Lipinski definition) is 3. The number of nitrogens with zero attached hydrogens (tertiary/aromatic N) is 1. The molecule has 1 heterocycles. The highest BCUT2D eigenvalue weighted by Gasteiger charge is 2.72. The number of benzene rings is 3. The van der Waals surface area contributed by atoms with Crippen LogP contribution in [0.4, 0.5) is 5.69 Å². The number of imide groups is 1. The maximum Gasteiger partial charge on any atom is 0.335 e. The van der Waals surface area contributed by atoms with Gasteiger partial charge in [0, 0.05) is 0 Å². The lowest BCUT2D eigenvalue weighted by Crippen LogP contribution is -2.41. The fourth-order valence-corrected chi connectivity index (χ4v) is 6.44. The average molecular weight is 476 g/mol. The molecule has 2 amide bonds. The summed E-state index contributed by atoms with van der Waals surface area (Å²) in [6, 6.07) is 26.4. The molecule has 3 aliphatic rings. The summed E-state index contributed by atoms with van der Waals surface area (Å²) in [7, 11) is 0. The highest BCUT2D eigenvalue weighted by atomic mass is 16.4. The molecule has 0 radical (unpaired) electrons. The Bertz CT molecular complexity index is 1360. The van der Waals surface area contributed by atoms with Crippen LogP contribution >= 0.6 is 0 Å². The number of rotatable bonds is 4. The summed E-state index contributed by atoms with van der Waals surface area (Å²) in [5.41, 5.74) is 3.27. The summed E-state index contributed by atoms with van der Waals surface area (Å²) in [4.78, 5) is 40.9. The third kappa shape index (κ3) is 3.05. The highest BCUT2D eigenvalue weighted by molar-refractivity contribution is 6.26. The summed E-state index contributed by atoms with van der Waals surface area (Å²) < 4.78 is 0. The van der Waals surface area contributed by atoms with Crippen LogP contribution in [0.25, 0.3) is 5.57 Å². The summed E-state index contributed by atoms with van der Waals surface area (Å²) >= 11 is 0. The van der Waals surface area contributed by atoms with Crippen LogP contribution in [0.5, 0.6) is 0 Å². The molecule has 3 aromatic rings. The van der Waals surface area contributed by atoms with E-state index in [1.54, 1.807) is 12.1 Å². The first kappa shape index (κ1) is 22.2. The van der Waals surface area contributed by atoms with E-state index in [0.717, 1.165) is 22.3 Å². The maximum atomic E-state index is 14.1. The topological polar surface area (TPSA) is 74.7 Å². The lowest BCUT2D eigenvalue weighted by molar-refractivity contribution is -0.132. The van der Waals surface area contributed by atoms with Crippen LogP contribution in [-0.4, -0.2) is 22.9 Å². The minimum atomic E-state index is -1.04. The lowest BCUT2D eigenvalue weighted by atomic mass is 9.61. The molecule has 1 N–H and O–H groups in total. The number of aromatic carboxylic acids is 1. The van der Waals surface area contributed by atoms with E-state index in [1.807, 2.05) is 48.6 Å². The standard InChI is InChI=1S/C31H25NO4/c33-27(34)23-13-15-25(16-14-23)32-28(35)30-17-7-8-18-31(30,29(32)36)20-24(19-30)26(21-9-3-1-4-10-21)22-11-5-2-6-12-22/h1-16H,17-20H2,(H,33,34)/t30-,31+. The molecule has 36 heavy (non-hydrogen) atoms. The van der Waals surface area contributed by atoms with Gasteiger partial charge in [0.2, 0.25) is 11.8 Å². The molecule has 5 nitrogen and oxygen atoms in total. The second-order valence-corrected chi connectivity index (χ2v) is 9.91. The van der Waals surface area contributed by atoms with Crippen LogP contribution in [0.1, 0.15) is 47.2 Å². The Morgan fingerprint density at radius 3 is 1.58 bits per heavy atom. The van der Waals surface area contributed by atoms with E-state index in [-0.39, 0.29) is 17.4 Å². The Morgan fingerprint density at radius 1 is 0.667 bits per heavy atom. The molecule has 2 atom stereocenters. The van der Waals surface area contributed by atoms with Gasteiger partial charge in [-0.1, -0.05) is 78.4 Å². The third-order valence-corrected chi connectivity index (χ3v) is 8.12. The summed E-state index contributed by atoms with van der Waals surface area (Å²) in [5, 5.41) is 9.25. The Hall–Kier alpha value is -4.25. The number of carbonyl (C=O) groups is 3. The van der Waals surface area contributed by atoms with Crippen LogP contribution in [-0.2, 0) is 9.59 Å². The molecular weight excluding hydrogens is 450 g/mol. The zero-order valence-electron chi connectivity index (χ0n) is 19.7. The van der Waals surface area contributed by atoms with E-state index < -0.39 is 16.8 Å². The molecule has 1 saturated carbocycles. The number of hydrogen-bond donors (Lipinski definition) is 1. The van der Waals surface area contributed by atoms with Gasteiger partial charge in [0.05, 0.1) is 22.1 Å². The molecule has 178 valence electrons. The van der Waals surface area contributed by atoms with Gasteiger partial charge in [-0.05, 0) is 66.6 Å². The Kier molecular flexibility index (Phi) is 5.04. The molecular formula is C31H25NO4. The van der Waals surface area contributed by atoms with Crippen molar-refractivity contribution in [2.75, 3.05) is 4.90 Å². The molecule has 0 bridgehead atoms. The SMILES string of the molecule is O=C(O)c1ccc(N2C(=O)[C@@]34CC=CC[C@@]3(CC(=C(c3ccccc3)c3ccccc3)C4)C2=O)cc1. The molecule has 0 aromatic heterocycles. The minimum Gasteiger partial charge on any atom is -0.478 e. The van der Waals surface area contributed by atoms with Crippen LogP contribution < -0.4 is 4.90 Å². The Labute approximate surface area is 209 Å². The third-order valence-electron chi connectivity index (χ3n) is 8.12. The van der Waals surface area contributed by atoms with Crippen LogP contribution in [0.2, 0.25) is 0 Å². The second-order valence-electron chi connectivity index (χ2n) is 9.91. The number of carboxylic acids is 1. The number of amides is 2. The molecule has 3 aromatic carbocycles. The molecule has 5 heteroatoms. The van der Waals surface area contributed by atoms with E-state index in [1.165, 1.54) is 17.0 Å². The van der Waals surface area contributed by atoms with Crippen LogP contribution in [0.15, 0.2) is 103 Å². The second kappa shape index (κ2) is 8.16. The highest BCUT2D eigenvalue weighted by Crippen LogP contribution is 2.67. The van der Waals surface area contributed by atoms with E-state index in [9.17, 15) is 19.5 Å². The first-order chi connectivity index (χ1) is 17.5. The van der Waals surface area contributed by atoms with E-state index in [2.05, 4.69) is 24.3 Å². The fourth-order valence-electron chi connectivity index (χ4n) is 6.44. The molecule has 2 fully saturated rings. The van der Waals surface area contributed by atoms with Gasteiger partial charge in [-0.3, -0.25) is 9.59 Å².